The Hall–Kier alpha value is -0.210. The molecule has 0 saturated carbocycles. The largest absolute Gasteiger partial charge is 0.371 e. The van der Waals surface area contributed by atoms with Gasteiger partial charge in [-0.15, -0.1) is 0 Å². The second kappa shape index (κ2) is 6.10. The minimum Gasteiger partial charge on any atom is -0.371 e. The van der Waals surface area contributed by atoms with E-state index in [0.29, 0.717) is 0 Å². The Bertz CT molecular complexity index is 380. The van der Waals surface area contributed by atoms with Crippen LogP contribution in [0.15, 0.2) is 18.2 Å². The molecule has 1 aromatic carbocycles. The number of hydrogen-bond acceptors (Lipinski definition) is 1. The molecule has 0 spiro atoms. The first-order chi connectivity index (χ1) is 8.20. The van der Waals surface area contributed by atoms with Gasteiger partial charge in [-0.1, -0.05) is 40.5 Å². The van der Waals surface area contributed by atoms with Gasteiger partial charge in [-0.3, -0.25) is 0 Å². The third-order valence-corrected chi connectivity index (χ3v) is 4.39. The summed E-state index contributed by atoms with van der Waals surface area (Å²) in [6, 6.07) is 6.21. The Morgan fingerprint density at radius 3 is 2.94 bits per heavy atom. The van der Waals surface area contributed by atoms with Crippen LogP contribution in [0, 0.1) is 5.92 Å². The summed E-state index contributed by atoms with van der Waals surface area (Å²) in [5.41, 5.74) is 2.65. The van der Waals surface area contributed by atoms with Crippen LogP contribution in [0.3, 0.4) is 0 Å². The van der Waals surface area contributed by atoms with Crippen LogP contribution in [-0.4, -0.2) is 13.1 Å². The lowest BCUT2D eigenvalue weighted by Gasteiger charge is -2.25. The summed E-state index contributed by atoms with van der Waals surface area (Å²) in [5.74, 6) is 0.853. The average Bonchev–Trinajstić information content (AvgIpc) is 2.54. The molecule has 1 aliphatic rings. The lowest BCUT2D eigenvalue weighted by atomic mass is 10.0. The summed E-state index contributed by atoms with van der Waals surface area (Å²) in [6.45, 7) is 4.67. The molecule has 0 radical (unpaired) electrons. The summed E-state index contributed by atoms with van der Waals surface area (Å²) in [4.78, 5) is 2.49. The fourth-order valence-corrected chi connectivity index (χ4v) is 3.09. The highest BCUT2D eigenvalue weighted by atomic mass is 79.9. The Labute approximate surface area is 117 Å². The van der Waals surface area contributed by atoms with Crippen LogP contribution in [0.4, 0.5) is 5.69 Å². The lowest BCUT2D eigenvalue weighted by molar-refractivity contribution is 0.521. The van der Waals surface area contributed by atoms with E-state index in [2.05, 4.69) is 39.9 Å². The van der Waals surface area contributed by atoms with Crippen molar-refractivity contribution in [2.75, 3.05) is 18.0 Å². The SMILES string of the molecule is CC1CCCN(c2cc(Cl)ccc2CBr)CC1. The molecule has 1 aromatic rings. The number of halogens is 2. The van der Waals surface area contributed by atoms with Gasteiger partial charge < -0.3 is 4.90 Å². The van der Waals surface area contributed by atoms with Gasteiger partial charge in [0.25, 0.3) is 0 Å². The van der Waals surface area contributed by atoms with E-state index in [-0.39, 0.29) is 0 Å². The zero-order chi connectivity index (χ0) is 12.3. The smallest absolute Gasteiger partial charge is 0.0426 e. The van der Waals surface area contributed by atoms with Gasteiger partial charge in [-0.05, 0) is 42.9 Å². The van der Waals surface area contributed by atoms with Crippen molar-refractivity contribution in [1.29, 1.82) is 0 Å². The highest BCUT2D eigenvalue weighted by Crippen LogP contribution is 2.29. The standard InChI is InChI=1S/C14H19BrClN/c1-11-3-2-7-17(8-6-11)14-9-13(16)5-4-12(14)10-15/h4-5,9,11H,2-3,6-8,10H2,1H3. The van der Waals surface area contributed by atoms with E-state index >= 15 is 0 Å². The number of alkyl halides is 1. The predicted molar refractivity (Wildman–Crippen MR) is 79.3 cm³/mol. The first kappa shape index (κ1) is 13.2. The quantitative estimate of drug-likeness (QED) is 0.704. The molecule has 2 rings (SSSR count). The molecular weight excluding hydrogens is 298 g/mol. The van der Waals surface area contributed by atoms with Crippen LogP contribution < -0.4 is 4.90 Å². The third-order valence-electron chi connectivity index (χ3n) is 3.55. The highest BCUT2D eigenvalue weighted by Gasteiger charge is 2.16. The molecule has 17 heavy (non-hydrogen) atoms. The summed E-state index contributed by atoms with van der Waals surface area (Å²) < 4.78 is 0. The summed E-state index contributed by atoms with van der Waals surface area (Å²) in [5, 5.41) is 1.73. The van der Waals surface area contributed by atoms with Crippen molar-refractivity contribution >= 4 is 33.2 Å². The highest BCUT2D eigenvalue weighted by molar-refractivity contribution is 9.08. The molecular formula is C14H19BrClN. The van der Waals surface area contributed by atoms with E-state index in [4.69, 9.17) is 11.6 Å². The topological polar surface area (TPSA) is 3.24 Å². The maximum absolute atomic E-state index is 6.12. The molecule has 1 aliphatic heterocycles. The monoisotopic (exact) mass is 315 g/mol. The minimum atomic E-state index is 0.835. The van der Waals surface area contributed by atoms with Crippen molar-refractivity contribution in [1.82, 2.24) is 0 Å². The van der Waals surface area contributed by atoms with Crippen molar-refractivity contribution in [2.45, 2.75) is 31.5 Å². The fraction of sp³-hybridized carbons (Fsp3) is 0.571. The minimum absolute atomic E-state index is 0.835. The van der Waals surface area contributed by atoms with E-state index in [1.165, 1.54) is 30.5 Å². The van der Waals surface area contributed by atoms with Crippen LogP contribution >= 0.6 is 27.5 Å². The summed E-state index contributed by atoms with van der Waals surface area (Å²) >= 11 is 9.68. The van der Waals surface area contributed by atoms with Gasteiger partial charge in [0.15, 0.2) is 0 Å². The van der Waals surface area contributed by atoms with Crippen LogP contribution in [-0.2, 0) is 5.33 Å². The second-order valence-electron chi connectivity index (χ2n) is 4.93. The van der Waals surface area contributed by atoms with E-state index in [9.17, 15) is 0 Å². The van der Waals surface area contributed by atoms with Gasteiger partial charge >= 0.3 is 0 Å². The van der Waals surface area contributed by atoms with Gasteiger partial charge in [0.05, 0.1) is 0 Å². The van der Waals surface area contributed by atoms with Crippen LogP contribution in [0.5, 0.6) is 0 Å². The normalized spacial score (nSPS) is 21.4. The van der Waals surface area contributed by atoms with Gasteiger partial charge in [-0.2, -0.15) is 0 Å². The van der Waals surface area contributed by atoms with E-state index < -0.39 is 0 Å². The van der Waals surface area contributed by atoms with Crippen LogP contribution in [0.25, 0.3) is 0 Å². The molecule has 94 valence electrons. The molecule has 0 N–H and O–H groups in total. The molecule has 0 aromatic heterocycles. The zero-order valence-corrected chi connectivity index (χ0v) is 12.6. The summed E-state index contributed by atoms with van der Waals surface area (Å²) in [6.07, 6.45) is 3.92. The number of rotatable bonds is 2. The molecule has 1 heterocycles. The Kier molecular flexibility index (Phi) is 4.75. The fourth-order valence-electron chi connectivity index (χ4n) is 2.45. The second-order valence-corrected chi connectivity index (χ2v) is 5.93. The van der Waals surface area contributed by atoms with Crippen LogP contribution in [0.1, 0.15) is 31.7 Å². The molecule has 0 aliphatic carbocycles. The number of benzene rings is 1. The summed E-state index contributed by atoms with van der Waals surface area (Å²) in [7, 11) is 0. The Balaban J connectivity index is 2.22. The molecule has 1 fully saturated rings. The first-order valence-electron chi connectivity index (χ1n) is 6.30. The molecule has 1 saturated heterocycles. The molecule has 0 bridgehead atoms. The predicted octanol–water partition coefficient (Wildman–Crippen LogP) is 4.86. The van der Waals surface area contributed by atoms with Crippen LogP contribution in [0.2, 0.25) is 5.02 Å². The number of anilines is 1. The number of hydrogen-bond donors (Lipinski definition) is 0. The van der Waals surface area contributed by atoms with Crippen molar-refractivity contribution in [3.8, 4) is 0 Å². The van der Waals surface area contributed by atoms with Crippen molar-refractivity contribution in [2.24, 2.45) is 5.92 Å². The van der Waals surface area contributed by atoms with Crippen molar-refractivity contribution in [3.63, 3.8) is 0 Å². The lowest BCUT2D eigenvalue weighted by Crippen LogP contribution is -2.25. The maximum Gasteiger partial charge on any atom is 0.0426 e. The molecule has 1 unspecified atom stereocenters. The third kappa shape index (κ3) is 3.38. The van der Waals surface area contributed by atoms with Gasteiger partial charge in [0.1, 0.15) is 0 Å². The van der Waals surface area contributed by atoms with Gasteiger partial charge in [-0.25, -0.2) is 0 Å². The van der Waals surface area contributed by atoms with Crippen molar-refractivity contribution in [3.05, 3.63) is 28.8 Å². The van der Waals surface area contributed by atoms with Crippen molar-refractivity contribution < 1.29 is 0 Å². The first-order valence-corrected chi connectivity index (χ1v) is 7.80. The Morgan fingerprint density at radius 2 is 2.18 bits per heavy atom. The molecule has 0 amide bonds. The molecule has 1 nitrogen and oxygen atoms in total. The maximum atomic E-state index is 6.12. The molecule has 3 heteroatoms. The average molecular weight is 317 g/mol. The number of nitrogens with zero attached hydrogens (tertiary/aromatic N) is 1. The van der Waals surface area contributed by atoms with E-state index in [1.807, 2.05) is 6.07 Å². The van der Waals surface area contributed by atoms with Gasteiger partial charge in [0, 0.05) is 29.1 Å². The Morgan fingerprint density at radius 1 is 1.35 bits per heavy atom. The zero-order valence-electron chi connectivity index (χ0n) is 10.3. The molecule has 1 atom stereocenters. The van der Waals surface area contributed by atoms with E-state index in [1.54, 1.807) is 0 Å². The van der Waals surface area contributed by atoms with E-state index in [0.717, 1.165) is 29.4 Å². The van der Waals surface area contributed by atoms with Gasteiger partial charge in [0.2, 0.25) is 0 Å².